The van der Waals surface area contributed by atoms with Gasteiger partial charge in [-0.15, -0.1) is 5.10 Å². The molecule has 2 aromatic rings. The van der Waals surface area contributed by atoms with Crippen molar-refractivity contribution in [3.63, 3.8) is 0 Å². The Labute approximate surface area is 111 Å². The first-order valence-electron chi connectivity index (χ1n) is 6.22. The van der Waals surface area contributed by atoms with Gasteiger partial charge in [-0.2, -0.15) is 4.68 Å². The van der Waals surface area contributed by atoms with Gasteiger partial charge in [0.25, 0.3) is 0 Å². The lowest BCUT2D eigenvalue weighted by Gasteiger charge is -2.06. The number of aromatic nitrogens is 4. The van der Waals surface area contributed by atoms with Crippen LogP contribution in [0.2, 0.25) is 0 Å². The van der Waals surface area contributed by atoms with Crippen molar-refractivity contribution < 1.29 is 9.90 Å². The lowest BCUT2D eigenvalue weighted by molar-refractivity contribution is 0.0696. The van der Waals surface area contributed by atoms with Gasteiger partial charge in [0.2, 0.25) is 0 Å². The predicted octanol–water partition coefficient (Wildman–Crippen LogP) is 1.79. The van der Waals surface area contributed by atoms with Gasteiger partial charge in [0.05, 0.1) is 5.56 Å². The highest BCUT2D eigenvalue weighted by atomic mass is 16.4. The maximum Gasteiger partial charge on any atom is 0.335 e. The molecule has 0 aliphatic heterocycles. The molecule has 2 rings (SSSR count). The fourth-order valence-corrected chi connectivity index (χ4v) is 1.84. The number of pyridine rings is 1. The number of carboxylic acids is 1. The van der Waals surface area contributed by atoms with E-state index in [1.165, 1.54) is 12.1 Å². The van der Waals surface area contributed by atoms with Crippen LogP contribution in [0.15, 0.2) is 12.1 Å². The van der Waals surface area contributed by atoms with Crippen LogP contribution < -0.4 is 0 Å². The summed E-state index contributed by atoms with van der Waals surface area (Å²) in [6, 6.07) is 3.05. The van der Waals surface area contributed by atoms with Gasteiger partial charge >= 0.3 is 5.97 Å². The minimum atomic E-state index is -0.972. The maximum atomic E-state index is 11.1. The minimum absolute atomic E-state index is 0.207. The average molecular weight is 260 g/mol. The lowest BCUT2D eigenvalue weighted by Crippen LogP contribution is -2.08. The summed E-state index contributed by atoms with van der Waals surface area (Å²) >= 11 is 0. The molecule has 0 spiro atoms. The monoisotopic (exact) mass is 260 g/mol. The fraction of sp³-hybridized carbons (Fsp3) is 0.385. The third-order valence-electron chi connectivity index (χ3n) is 2.75. The van der Waals surface area contributed by atoms with Crippen molar-refractivity contribution >= 4 is 5.97 Å². The first kappa shape index (κ1) is 13.2. The van der Waals surface area contributed by atoms with Crippen LogP contribution in [0.25, 0.3) is 5.82 Å². The van der Waals surface area contributed by atoms with Crippen molar-refractivity contribution in [3.05, 3.63) is 35.0 Å². The van der Waals surface area contributed by atoms with E-state index < -0.39 is 5.97 Å². The zero-order chi connectivity index (χ0) is 14.0. The van der Waals surface area contributed by atoms with Crippen LogP contribution in [0.3, 0.4) is 0 Å². The molecule has 0 unspecified atom stereocenters. The molecule has 2 heterocycles. The number of aromatic carboxylic acids is 1. The standard InChI is InChI=1S/C13H16N4O2/c1-4-10-15-11(5-2)17(16-10)12-7-9(13(18)19)6-8(3)14-12/h6-7H,4-5H2,1-3H3,(H,18,19). The van der Waals surface area contributed by atoms with E-state index in [4.69, 9.17) is 5.11 Å². The SMILES string of the molecule is CCc1nc(CC)n(-c2cc(C(=O)O)cc(C)n2)n1. The van der Waals surface area contributed by atoms with Crippen molar-refractivity contribution in [1.29, 1.82) is 0 Å². The number of hydrogen-bond donors (Lipinski definition) is 1. The normalized spacial score (nSPS) is 10.7. The van der Waals surface area contributed by atoms with E-state index in [9.17, 15) is 4.79 Å². The van der Waals surface area contributed by atoms with Gasteiger partial charge in [0.15, 0.2) is 11.6 Å². The number of carboxylic acid groups (broad SMARTS) is 1. The molecule has 0 aliphatic carbocycles. The van der Waals surface area contributed by atoms with E-state index in [1.807, 2.05) is 13.8 Å². The Morgan fingerprint density at radius 3 is 2.58 bits per heavy atom. The molecule has 0 amide bonds. The number of rotatable bonds is 4. The van der Waals surface area contributed by atoms with E-state index in [2.05, 4.69) is 15.1 Å². The number of aryl methyl sites for hydroxylation is 3. The summed E-state index contributed by atoms with van der Waals surface area (Å²) in [6.07, 6.45) is 1.45. The maximum absolute atomic E-state index is 11.1. The second kappa shape index (κ2) is 5.17. The summed E-state index contributed by atoms with van der Waals surface area (Å²) in [5.41, 5.74) is 0.851. The van der Waals surface area contributed by atoms with E-state index in [0.29, 0.717) is 17.9 Å². The zero-order valence-electron chi connectivity index (χ0n) is 11.2. The highest BCUT2D eigenvalue weighted by Gasteiger charge is 2.13. The molecule has 2 aromatic heterocycles. The van der Waals surface area contributed by atoms with Crippen LogP contribution in [0.1, 0.15) is 41.5 Å². The van der Waals surface area contributed by atoms with Crippen molar-refractivity contribution in [2.75, 3.05) is 0 Å². The Bertz CT molecular complexity index is 619. The number of hydrogen-bond acceptors (Lipinski definition) is 4. The van der Waals surface area contributed by atoms with Crippen LogP contribution in [0, 0.1) is 6.92 Å². The van der Waals surface area contributed by atoms with Crippen LogP contribution in [-0.2, 0) is 12.8 Å². The molecule has 0 fully saturated rings. The molecular weight excluding hydrogens is 244 g/mol. The summed E-state index contributed by atoms with van der Waals surface area (Å²) in [4.78, 5) is 19.8. The first-order valence-corrected chi connectivity index (χ1v) is 6.22. The van der Waals surface area contributed by atoms with Crippen molar-refractivity contribution in [2.24, 2.45) is 0 Å². The van der Waals surface area contributed by atoms with Crippen LogP contribution in [0.4, 0.5) is 0 Å². The molecule has 0 aliphatic rings. The first-order chi connectivity index (χ1) is 9.05. The highest BCUT2D eigenvalue weighted by molar-refractivity contribution is 5.88. The summed E-state index contributed by atoms with van der Waals surface area (Å²) in [6.45, 7) is 5.72. The van der Waals surface area contributed by atoms with E-state index >= 15 is 0 Å². The smallest absolute Gasteiger partial charge is 0.335 e. The lowest BCUT2D eigenvalue weighted by atomic mass is 10.2. The molecule has 0 atom stereocenters. The average Bonchev–Trinajstić information content (AvgIpc) is 2.81. The van der Waals surface area contributed by atoms with Crippen molar-refractivity contribution in [3.8, 4) is 5.82 Å². The van der Waals surface area contributed by atoms with E-state index in [0.717, 1.165) is 18.1 Å². The molecule has 0 bridgehead atoms. The fourth-order valence-electron chi connectivity index (χ4n) is 1.84. The van der Waals surface area contributed by atoms with Crippen molar-refractivity contribution in [1.82, 2.24) is 19.7 Å². The Morgan fingerprint density at radius 2 is 2.00 bits per heavy atom. The van der Waals surface area contributed by atoms with Gasteiger partial charge in [0, 0.05) is 18.5 Å². The van der Waals surface area contributed by atoms with Gasteiger partial charge in [-0.3, -0.25) is 0 Å². The second-order valence-electron chi connectivity index (χ2n) is 4.22. The summed E-state index contributed by atoms with van der Waals surface area (Å²) in [5.74, 6) is 1.05. The van der Waals surface area contributed by atoms with Gasteiger partial charge in [-0.1, -0.05) is 13.8 Å². The molecule has 0 saturated heterocycles. The van der Waals surface area contributed by atoms with Crippen molar-refractivity contribution in [2.45, 2.75) is 33.6 Å². The third-order valence-corrected chi connectivity index (χ3v) is 2.75. The van der Waals surface area contributed by atoms with Crippen LogP contribution in [0.5, 0.6) is 0 Å². The zero-order valence-corrected chi connectivity index (χ0v) is 11.2. The minimum Gasteiger partial charge on any atom is -0.478 e. The van der Waals surface area contributed by atoms with Gasteiger partial charge < -0.3 is 5.11 Å². The van der Waals surface area contributed by atoms with Gasteiger partial charge in [-0.05, 0) is 19.1 Å². The number of nitrogens with zero attached hydrogens (tertiary/aromatic N) is 4. The molecule has 19 heavy (non-hydrogen) atoms. The molecule has 1 N–H and O–H groups in total. The number of carbonyl (C=O) groups is 1. The second-order valence-corrected chi connectivity index (χ2v) is 4.22. The third kappa shape index (κ3) is 2.62. The molecular formula is C13H16N4O2. The molecule has 0 saturated carbocycles. The Balaban J connectivity index is 2.57. The predicted molar refractivity (Wildman–Crippen MR) is 69.6 cm³/mol. The highest BCUT2D eigenvalue weighted by Crippen LogP contribution is 2.13. The molecule has 100 valence electrons. The summed E-state index contributed by atoms with van der Waals surface area (Å²) < 4.78 is 1.62. The Kier molecular flexibility index (Phi) is 3.59. The largest absolute Gasteiger partial charge is 0.478 e. The van der Waals surface area contributed by atoms with Gasteiger partial charge in [-0.25, -0.2) is 14.8 Å². The quantitative estimate of drug-likeness (QED) is 0.906. The molecule has 0 aromatic carbocycles. The molecule has 0 radical (unpaired) electrons. The Morgan fingerprint density at radius 1 is 1.26 bits per heavy atom. The van der Waals surface area contributed by atoms with Crippen LogP contribution in [-0.4, -0.2) is 30.8 Å². The molecule has 6 heteroatoms. The van der Waals surface area contributed by atoms with E-state index in [1.54, 1.807) is 11.6 Å². The molecule has 6 nitrogen and oxygen atoms in total. The summed E-state index contributed by atoms with van der Waals surface area (Å²) in [5, 5.41) is 13.4. The van der Waals surface area contributed by atoms with Crippen LogP contribution >= 0.6 is 0 Å². The summed E-state index contributed by atoms with van der Waals surface area (Å²) in [7, 11) is 0. The van der Waals surface area contributed by atoms with E-state index in [-0.39, 0.29) is 5.56 Å². The van der Waals surface area contributed by atoms with Gasteiger partial charge in [0.1, 0.15) is 5.82 Å². The Hall–Kier alpha value is -2.24. The topological polar surface area (TPSA) is 80.9 Å².